The van der Waals surface area contributed by atoms with E-state index in [-0.39, 0.29) is 24.5 Å². The molecule has 0 bridgehead atoms. The van der Waals surface area contributed by atoms with E-state index in [4.69, 9.17) is 10.5 Å². The largest absolute Gasteiger partial charge is 0.383 e. The molecule has 0 aliphatic carbocycles. The first-order valence-electron chi connectivity index (χ1n) is 6.39. The minimum atomic E-state index is -0.848. The van der Waals surface area contributed by atoms with Gasteiger partial charge in [-0.15, -0.1) is 5.10 Å². The first-order valence-corrected chi connectivity index (χ1v) is 6.39. The Kier molecular flexibility index (Phi) is 5.12. The predicted molar refractivity (Wildman–Crippen MR) is 74.0 cm³/mol. The first-order chi connectivity index (χ1) is 10.5. The zero-order valence-electron chi connectivity index (χ0n) is 11.8. The molecule has 0 fully saturated rings. The quantitative estimate of drug-likeness (QED) is 0.811. The van der Waals surface area contributed by atoms with Crippen LogP contribution in [0.1, 0.15) is 5.56 Å². The standard InChI is InChI=1S/C13H15F2N5O2/c1-22-7-11(16)13(21)17-12-6-20(19-18-12)5-8-9(14)3-2-4-10(8)15/h2-4,6,11H,5,7,16H2,1H3,(H,17,21)/t11-/m1/s1. The third-order valence-corrected chi connectivity index (χ3v) is 2.85. The Bertz CT molecular complexity index is 641. The molecule has 0 saturated heterocycles. The van der Waals surface area contributed by atoms with Crippen LogP contribution in [0.5, 0.6) is 0 Å². The summed E-state index contributed by atoms with van der Waals surface area (Å²) in [4.78, 5) is 11.7. The summed E-state index contributed by atoms with van der Waals surface area (Å²) in [6.07, 6.45) is 1.35. The second-order valence-corrected chi connectivity index (χ2v) is 4.55. The predicted octanol–water partition coefficient (Wildman–Crippen LogP) is 0.517. The van der Waals surface area contributed by atoms with E-state index in [9.17, 15) is 13.6 Å². The molecule has 1 aromatic heterocycles. The van der Waals surface area contributed by atoms with Gasteiger partial charge in [0.15, 0.2) is 5.82 Å². The van der Waals surface area contributed by atoms with Crippen LogP contribution in [0.25, 0.3) is 0 Å². The van der Waals surface area contributed by atoms with Crippen molar-refractivity contribution < 1.29 is 18.3 Å². The molecule has 22 heavy (non-hydrogen) atoms. The van der Waals surface area contributed by atoms with Crippen molar-refractivity contribution in [3.63, 3.8) is 0 Å². The van der Waals surface area contributed by atoms with Crippen LogP contribution < -0.4 is 11.1 Å². The van der Waals surface area contributed by atoms with Gasteiger partial charge in [0, 0.05) is 12.7 Å². The number of aromatic nitrogens is 3. The topological polar surface area (TPSA) is 95.1 Å². The van der Waals surface area contributed by atoms with Crippen molar-refractivity contribution in [1.29, 1.82) is 0 Å². The van der Waals surface area contributed by atoms with Crippen LogP contribution in [0.4, 0.5) is 14.6 Å². The number of nitrogens with zero attached hydrogens (tertiary/aromatic N) is 3. The Hall–Kier alpha value is -2.39. The fourth-order valence-electron chi connectivity index (χ4n) is 1.75. The molecule has 3 N–H and O–H groups in total. The average molecular weight is 311 g/mol. The lowest BCUT2D eigenvalue weighted by Gasteiger charge is -2.08. The molecule has 2 aromatic rings. The van der Waals surface area contributed by atoms with E-state index in [1.807, 2.05) is 0 Å². The fourth-order valence-corrected chi connectivity index (χ4v) is 1.75. The van der Waals surface area contributed by atoms with Gasteiger partial charge in [-0.05, 0) is 12.1 Å². The highest BCUT2D eigenvalue weighted by molar-refractivity contribution is 5.93. The minimum Gasteiger partial charge on any atom is -0.383 e. The van der Waals surface area contributed by atoms with Gasteiger partial charge in [0.1, 0.15) is 17.7 Å². The molecule has 1 heterocycles. The summed E-state index contributed by atoms with van der Waals surface area (Å²) in [5.74, 6) is -1.72. The summed E-state index contributed by atoms with van der Waals surface area (Å²) in [5, 5.41) is 9.83. The van der Waals surface area contributed by atoms with Crippen molar-refractivity contribution in [3.8, 4) is 0 Å². The van der Waals surface area contributed by atoms with Gasteiger partial charge in [-0.25, -0.2) is 13.5 Å². The van der Waals surface area contributed by atoms with E-state index < -0.39 is 23.6 Å². The lowest BCUT2D eigenvalue weighted by atomic mass is 10.2. The van der Waals surface area contributed by atoms with Crippen LogP contribution >= 0.6 is 0 Å². The molecule has 118 valence electrons. The maximum Gasteiger partial charge on any atom is 0.244 e. The third-order valence-electron chi connectivity index (χ3n) is 2.85. The number of anilines is 1. The monoisotopic (exact) mass is 311 g/mol. The van der Waals surface area contributed by atoms with Gasteiger partial charge >= 0.3 is 0 Å². The summed E-state index contributed by atoms with van der Waals surface area (Å²) in [5.41, 5.74) is 5.42. The summed E-state index contributed by atoms with van der Waals surface area (Å²) in [7, 11) is 1.42. The van der Waals surface area contributed by atoms with E-state index >= 15 is 0 Å². The summed E-state index contributed by atoms with van der Waals surface area (Å²) in [6, 6.07) is 2.74. The van der Waals surface area contributed by atoms with Crippen LogP contribution in [0.3, 0.4) is 0 Å². The van der Waals surface area contributed by atoms with Gasteiger partial charge < -0.3 is 15.8 Å². The Morgan fingerprint density at radius 1 is 1.45 bits per heavy atom. The number of benzene rings is 1. The third kappa shape index (κ3) is 3.83. The Labute approximate surface area is 125 Å². The van der Waals surface area contributed by atoms with E-state index in [0.717, 1.165) is 12.1 Å². The molecular formula is C13H15F2N5O2. The number of nitrogens with one attached hydrogen (secondary N) is 1. The summed E-state index contributed by atoms with van der Waals surface area (Å²) >= 11 is 0. The molecule has 1 atom stereocenters. The van der Waals surface area contributed by atoms with Gasteiger partial charge in [0.25, 0.3) is 0 Å². The number of hydrogen-bond donors (Lipinski definition) is 2. The lowest BCUT2D eigenvalue weighted by Crippen LogP contribution is -2.39. The minimum absolute atomic E-state index is 0.0560. The first kappa shape index (κ1) is 16.0. The SMILES string of the molecule is COC[C@@H](N)C(=O)Nc1cn(Cc2c(F)cccc2F)nn1. The van der Waals surface area contributed by atoms with Gasteiger partial charge in [-0.3, -0.25) is 4.79 Å². The molecule has 0 saturated carbocycles. The molecule has 0 aliphatic heterocycles. The molecule has 2 rings (SSSR count). The van der Waals surface area contributed by atoms with Gasteiger partial charge in [0.2, 0.25) is 5.91 Å². The number of halogens is 2. The molecular weight excluding hydrogens is 296 g/mol. The number of carbonyl (C=O) groups is 1. The van der Waals surface area contributed by atoms with E-state index in [1.54, 1.807) is 0 Å². The van der Waals surface area contributed by atoms with Crippen molar-refractivity contribution >= 4 is 11.7 Å². The zero-order chi connectivity index (χ0) is 16.1. The van der Waals surface area contributed by atoms with Crippen LogP contribution in [0.15, 0.2) is 24.4 Å². The number of nitrogens with two attached hydrogens (primary N) is 1. The normalized spacial score (nSPS) is 12.2. The van der Waals surface area contributed by atoms with Gasteiger partial charge in [0.05, 0.1) is 19.3 Å². The number of methoxy groups -OCH3 is 1. The number of amides is 1. The molecule has 0 radical (unpaired) electrons. The molecule has 7 nitrogen and oxygen atoms in total. The van der Waals surface area contributed by atoms with Crippen LogP contribution in [-0.2, 0) is 16.1 Å². The number of ether oxygens (including phenoxy) is 1. The second-order valence-electron chi connectivity index (χ2n) is 4.55. The average Bonchev–Trinajstić information content (AvgIpc) is 2.90. The second kappa shape index (κ2) is 7.05. The molecule has 9 heteroatoms. The Morgan fingerprint density at radius 3 is 2.77 bits per heavy atom. The number of rotatable bonds is 6. The molecule has 1 aromatic carbocycles. The maximum atomic E-state index is 13.5. The smallest absolute Gasteiger partial charge is 0.244 e. The Morgan fingerprint density at radius 2 is 2.14 bits per heavy atom. The lowest BCUT2D eigenvalue weighted by molar-refractivity contribution is -0.118. The number of carbonyl (C=O) groups excluding carboxylic acids is 1. The van der Waals surface area contributed by atoms with E-state index in [1.165, 1.54) is 24.1 Å². The van der Waals surface area contributed by atoms with Crippen molar-refractivity contribution in [2.24, 2.45) is 5.73 Å². The molecule has 0 spiro atoms. The Balaban J connectivity index is 2.04. The highest BCUT2D eigenvalue weighted by Gasteiger charge is 2.15. The van der Waals surface area contributed by atoms with Crippen LogP contribution in [-0.4, -0.2) is 40.7 Å². The highest BCUT2D eigenvalue weighted by Crippen LogP contribution is 2.13. The summed E-state index contributed by atoms with van der Waals surface area (Å²) in [6.45, 7) is -0.0914. The van der Waals surface area contributed by atoms with E-state index in [0.29, 0.717) is 0 Å². The van der Waals surface area contributed by atoms with Gasteiger partial charge in [-0.1, -0.05) is 11.3 Å². The maximum absolute atomic E-state index is 13.5. The van der Waals surface area contributed by atoms with Gasteiger partial charge in [-0.2, -0.15) is 0 Å². The summed E-state index contributed by atoms with van der Waals surface area (Å²) < 4.78 is 33.1. The highest BCUT2D eigenvalue weighted by atomic mass is 19.1. The van der Waals surface area contributed by atoms with Crippen molar-refractivity contribution in [3.05, 3.63) is 41.6 Å². The molecule has 0 aliphatic rings. The van der Waals surface area contributed by atoms with Crippen molar-refractivity contribution in [2.45, 2.75) is 12.6 Å². The molecule has 0 unspecified atom stereocenters. The van der Waals surface area contributed by atoms with Crippen LogP contribution in [0.2, 0.25) is 0 Å². The van der Waals surface area contributed by atoms with E-state index in [2.05, 4.69) is 15.6 Å². The van der Waals surface area contributed by atoms with Crippen LogP contribution in [0, 0.1) is 11.6 Å². The molecule has 1 amide bonds. The zero-order valence-corrected chi connectivity index (χ0v) is 11.8. The number of hydrogen-bond acceptors (Lipinski definition) is 5. The van der Waals surface area contributed by atoms with Crippen molar-refractivity contribution in [2.75, 3.05) is 19.0 Å². The fraction of sp³-hybridized carbons (Fsp3) is 0.308. The van der Waals surface area contributed by atoms with Crippen molar-refractivity contribution in [1.82, 2.24) is 15.0 Å².